The second-order valence-corrected chi connectivity index (χ2v) is 8.79. The number of hydrogen-bond donors (Lipinski definition) is 1. The Labute approximate surface area is 164 Å². The van der Waals surface area contributed by atoms with E-state index in [4.69, 9.17) is 9.26 Å². The van der Waals surface area contributed by atoms with E-state index in [1.807, 2.05) is 37.8 Å². The van der Waals surface area contributed by atoms with E-state index >= 15 is 0 Å². The van der Waals surface area contributed by atoms with Crippen molar-refractivity contribution in [1.29, 1.82) is 0 Å². The molecule has 1 atom stereocenters. The Morgan fingerprint density at radius 3 is 2.79 bits per heavy atom. The fourth-order valence-corrected chi connectivity index (χ4v) is 4.14. The average Bonchev–Trinajstić information content (AvgIpc) is 3.27. The molecule has 0 radical (unpaired) electrons. The Bertz CT molecular complexity index is 824. The minimum Gasteiger partial charge on any atom is -0.381 e. The number of carbonyl (C=O) groups is 1. The summed E-state index contributed by atoms with van der Waals surface area (Å²) in [7, 11) is 0. The summed E-state index contributed by atoms with van der Waals surface area (Å²) in [5, 5.41) is 7.23. The highest BCUT2D eigenvalue weighted by atomic mass is 16.5. The number of nitrogens with one attached hydrogen (secondary N) is 1. The summed E-state index contributed by atoms with van der Waals surface area (Å²) in [4.78, 5) is 23.5. The second-order valence-electron chi connectivity index (χ2n) is 8.79. The van der Waals surface area contributed by atoms with Crippen LogP contribution >= 0.6 is 0 Å². The van der Waals surface area contributed by atoms with Crippen molar-refractivity contribution in [3.8, 4) is 11.4 Å². The van der Waals surface area contributed by atoms with E-state index in [0.29, 0.717) is 38.0 Å². The fourth-order valence-electron chi connectivity index (χ4n) is 4.14. The van der Waals surface area contributed by atoms with E-state index in [2.05, 4.69) is 20.4 Å². The molecule has 0 saturated carbocycles. The number of amides is 2. The molecule has 2 aliphatic heterocycles. The summed E-state index contributed by atoms with van der Waals surface area (Å²) >= 11 is 0. The molecule has 2 saturated heterocycles. The van der Waals surface area contributed by atoms with Crippen LogP contribution in [0.2, 0.25) is 0 Å². The van der Waals surface area contributed by atoms with Gasteiger partial charge in [0.2, 0.25) is 11.7 Å². The van der Waals surface area contributed by atoms with Gasteiger partial charge in [0, 0.05) is 55.2 Å². The number of nitrogens with zero attached hydrogens (tertiary/aromatic N) is 4. The molecule has 0 bridgehead atoms. The van der Waals surface area contributed by atoms with Crippen molar-refractivity contribution in [2.24, 2.45) is 5.41 Å². The smallest absolute Gasteiger partial charge is 0.317 e. The molecule has 150 valence electrons. The van der Waals surface area contributed by atoms with Crippen LogP contribution in [0.4, 0.5) is 4.79 Å². The molecule has 2 amide bonds. The Balaban J connectivity index is 1.60. The summed E-state index contributed by atoms with van der Waals surface area (Å²) in [6.45, 7) is 8.58. The van der Waals surface area contributed by atoms with Gasteiger partial charge in [-0.3, -0.25) is 4.98 Å². The van der Waals surface area contributed by atoms with Crippen molar-refractivity contribution < 1.29 is 14.1 Å². The number of urea groups is 1. The molecule has 28 heavy (non-hydrogen) atoms. The number of pyridine rings is 1. The minimum atomic E-state index is -0.282. The van der Waals surface area contributed by atoms with Crippen LogP contribution in [-0.2, 0) is 4.74 Å². The third-order valence-electron chi connectivity index (χ3n) is 5.57. The fraction of sp³-hybridized carbons (Fsp3) is 0.600. The van der Waals surface area contributed by atoms with Crippen LogP contribution in [0.3, 0.4) is 0 Å². The molecular weight excluding hydrogens is 358 g/mol. The van der Waals surface area contributed by atoms with Gasteiger partial charge in [-0.2, -0.15) is 4.98 Å². The standard InChI is InChI=1S/C20H27N5O3/c1-19(2,3)23-18(26)25-12-15(20(13-25)6-9-27-10-7-20)17-22-16(24-28-17)14-5-4-8-21-11-14/h4-5,8,11,15H,6-7,9-10,12-13H2,1-3H3,(H,23,26)/t15-/m1/s1. The van der Waals surface area contributed by atoms with Crippen LogP contribution in [0.25, 0.3) is 11.4 Å². The van der Waals surface area contributed by atoms with Gasteiger partial charge in [-0.15, -0.1) is 0 Å². The first-order valence-corrected chi connectivity index (χ1v) is 9.75. The van der Waals surface area contributed by atoms with Gasteiger partial charge < -0.3 is 19.5 Å². The van der Waals surface area contributed by atoms with Crippen LogP contribution in [0.5, 0.6) is 0 Å². The third kappa shape index (κ3) is 3.73. The zero-order valence-electron chi connectivity index (χ0n) is 16.6. The average molecular weight is 385 g/mol. The van der Waals surface area contributed by atoms with Gasteiger partial charge in [0.25, 0.3) is 0 Å². The molecule has 2 aromatic heterocycles. The number of ether oxygens (including phenoxy) is 1. The molecule has 1 N–H and O–H groups in total. The van der Waals surface area contributed by atoms with E-state index in [-0.39, 0.29) is 22.9 Å². The highest BCUT2D eigenvalue weighted by Gasteiger charge is 2.51. The summed E-state index contributed by atoms with van der Waals surface area (Å²) < 4.78 is 11.3. The molecule has 8 nitrogen and oxygen atoms in total. The lowest BCUT2D eigenvalue weighted by Gasteiger charge is -2.36. The zero-order valence-corrected chi connectivity index (χ0v) is 16.6. The van der Waals surface area contributed by atoms with Crippen LogP contribution in [0.15, 0.2) is 29.0 Å². The quantitative estimate of drug-likeness (QED) is 0.854. The molecule has 1 spiro atoms. The monoisotopic (exact) mass is 385 g/mol. The summed E-state index contributed by atoms with van der Waals surface area (Å²) in [5.74, 6) is 1.12. The predicted molar refractivity (Wildman–Crippen MR) is 103 cm³/mol. The number of likely N-dealkylation sites (tertiary alicyclic amines) is 1. The Morgan fingerprint density at radius 2 is 2.11 bits per heavy atom. The largest absolute Gasteiger partial charge is 0.381 e. The normalized spacial score (nSPS) is 21.8. The Hall–Kier alpha value is -2.48. The zero-order chi connectivity index (χ0) is 19.8. The van der Waals surface area contributed by atoms with Crippen molar-refractivity contribution in [2.75, 3.05) is 26.3 Å². The lowest BCUT2D eigenvalue weighted by atomic mass is 9.72. The summed E-state index contributed by atoms with van der Waals surface area (Å²) in [6, 6.07) is 3.70. The molecule has 2 fully saturated rings. The van der Waals surface area contributed by atoms with Crippen LogP contribution in [-0.4, -0.2) is 57.9 Å². The van der Waals surface area contributed by atoms with E-state index in [1.165, 1.54) is 0 Å². The van der Waals surface area contributed by atoms with E-state index in [0.717, 1.165) is 18.4 Å². The molecule has 4 rings (SSSR count). The second kappa shape index (κ2) is 7.16. The van der Waals surface area contributed by atoms with E-state index in [9.17, 15) is 4.79 Å². The first-order valence-electron chi connectivity index (χ1n) is 9.75. The summed E-state index contributed by atoms with van der Waals surface area (Å²) in [5.41, 5.74) is 0.446. The first kappa shape index (κ1) is 18.9. The van der Waals surface area contributed by atoms with Gasteiger partial charge in [0.15, 0.2) is 0 Å². The SMILES string of the molecule is CC(C)(C)NC(=O)N1C[C@H](c2nc(-c3cccnc3)no2)C2(CCOCC2)C1. The number of hydrogen-bond acceptors (Lipinski definition) is 6. The van der Waals surface area contributed by atoms with Crippen molar-refractivity contribution in [3.63, 3.8) is 0 Å². The molecule has 0 aliphatic carbocycles. The maximum Gasteiger partial charge on any atom is 0.317 e. The van der Waals surface area contributed by atoms with Gasteiger partial charge in [-0.1, -0.05) is 5.16 Å². The number of carbonyl (C=O) groups excluding carboxylic acids is 1. The van der Waals surface area contributed by atoms with Crippen LogP contribution < -0.4 is 5.32 Å². The maximum atomic E-state index is 12.8. The van der Waals surface area contributed by atoms with Gasteiger partial charge in [0.1, 0.15) is 0 Å². The van der Waals surface area contributed by atoms with Crippen molar-refractivity contribution in [3.05, 3.63) is 30.4 Å². The Morgan fingerprint density at radius 1 is 1.32 bits per heavy atom. The van der Waals surface area contributed by atoms with Gasteiger partial charge in [0.05, 0.1) is 5.92 Å². The molecule has 4 heterocycles. The van der Waals surface area contributed by atoms with Crippen molar-refractivity contribution in [1.82, 2.24) is 25.3 Å². The maximum absolute atomic E-state index is 12.8. The van der Waals surface area contributed by atoms with E-state index in [1.54, 1.807) is 12.4 Å². The van der Waals surface area contributed by atoms with Crippen LogP contribution in [0, 0.1) is 5.41 Å². The third-order valence-corrected chi connectivity index (χ3v) is 5.57. The van der Waals surface area contributed by atoms with Gasteiger partial charge in [-0.05, 0) is 45.7 Å². The molecule has 8 heteroatoms. The van der Waals surface area contributed by atoms with Crippen molar-refractivity contribution in [2.45, 2.75) is 45.1 Å². The van der Waals surface area contributed by atoms with Gasteiger partial charge in [-0.25, -0.2) is 4.79 Å². The number of rotatable bonds is 2. The topological polar surface area (TPSA) is 93.4 Å². The minimum absolute atomic E-state index is 0.0000368. The molecule has 0 unspecified atom stereocenters. The molecular formula is C20H27N5O3. The highest BCUT2D eigenvalue weighted by molar-refractivity contribution is 5.75. The predicted octanol–water partition coefficient (Wildman–Crippen LogP) is 2.84. The number of aromatic nitrogens is 3. The lowest BCUT2D eigenvalue weighted by molar-refractivity contribution is 0.00935. The molecule has 2 aromatic rings. The van der Waals surface area contributed by atoms with E-state index < -0.39 is 0 Å². The first-order chi connectivity index (χ1) is 13.4. The molecule has 0 aromatic carbocycles. The van der Waals surface area contributed by atoms with Crippen molar-refractivity contribution >= 4 is 6.03 Å². The van der Waals surface area contributed by atoms with Gasteiger partial charge >= 0.3 is 6.03 Å². The Kier molecular flexibility index (Phi) is 4.82. The lowest BCUT2D eigenvalue weighted by Crippen LogP contribution is -2.48. The summed E-state index contributed by atoms with van der Waals surface area (Å²) in [6.07, 6.45) is 5.18. The molecule has 2 aliphatic rings. The highest BCUT2D eigenvalue weighted by Crippen LogP contribution is 2.49. The van der Waals surface area contributed by atoms with Crippen LogP contribution in [0.1, 0.15) is 45.4 Å².